The van der Waals surface area contributed by atoms with E-state index in [0.29, 0.717) is 28.3 Å². The van der Waals surface area contributed by atoms with Gasteiger partial charge in [0, 0.05) is 6.04 Å². The Morgan fingerprint density at radius 3 is 2.62 bits per heavy atom. The van der Waals surface area contributed by atoms with Gasteiger partial charge in [-0.15, -0.1) is 0 Å². The van der Waals surface area contributed by atoms with Crippen molar-refractivity contribution >= 4 is 28.8 Å². The summed E-state index contributed by atoms with van der Waals surface area (Å²) < 4.78 is 0. The fraction of sp³-hybridized carbons (Fsp3) is 0.625. The van der Waals surface area contributed by atoms with Gasteiger partial charge in [0.2, 0.25) is 0 Å². The zero-order chi connectivity index (χ0) is 15.5. The van der Waals surface area contributed by atoms with Gasteiger partial charge >= 0.3 is 0 Å². The maximum atomic E-state index is 5.59. The average molecular weight is 306 g/mol. The van der Waals surface area contributed by atoms with E-state index < -0.39 is 0 Å². The third-order valence-corrected chi connectivity index (χ3v) is 4.46. The molecule has 21 heavy (non-hydrogen) atoms. The monoisotopic (exact) mass is 306 g/mol. The predicted molar refractivity (Wildman–Crippen MR) is 93.2 cm³/mol. The van der Waals surface area contributed by atoms with Crippen molar-refractivity contribution in [3.63, 3.8) is 0 Å². The van der Waals surface area contributed by atoms with Crippen LogP contribution in [-0.2, 0) is 0 Å². The Morgan fingerprint density at radius 2 is 2.00 bits per heavy atom. The molecule has 0 aliphatic heterocycles. The van der Waals surface area contributed by atoms with Crippen LogP contribution in [0.15, 0.2) is 18.3 Å². The molecular formula is C16H26N4S. The van der Waals surface area contributed by atoms with E-state index in [9.17, 15) is 0 Å². The number of hydrogen-bond acceptors (Lipinski definition) is 3. The van der Waals surface area contributed by atoms with Crippen LogP contribution in [-0.4, -0.2) is 16.1 Å². The summed E-state index contributed by atoms with van der Waals surface area (Å²) in [5, 5.41) is 7.36. The second kappa shape index (κ2) is 6.60. The van der Waals surface area contributed by atoms with E-state index in [1.165, 1.54) is 25.7 Å². The maximum Gasteiger partial charge on any atom is 0.171 e. The van der Waals surface area contributed by atoms with Gasteiger partial charge in [0.25, 0.3) is 0 Å². The molecule has 2 atom stereocenters. The molecule has 0 bridgehead atoms. The van der Waals surface area contributed by atoms with Crippen LogP contribution in [0.25, 0.3) is 0 Å². The van der Waals surface area contributed by atoms with Crippen LogP contribution in [0.2, 0.25) is 0 Å². The molecule has 4 nitrogen and oxygen atoms in total. The minimum absolute atomic E-state index is 0.302. The summed E-state index contributed by atoms with van der Waals surface area (Å²) in [5.74, 6) is 1.16. The molecule has 1 aliphatic rings. The Bertz CT molecular complexity index is 478. The quantitative estimate of drug-likeness (QED) is 0.729. The molecule has 0 radical (unpaired) electrons. The van der Waals surface area contributed by atoms with Gasteiger partial charge in [-0.2, -0.15) is 0 Å². The molecule has 0 saturated heterocycles. The topological polar surface area (TPSA) is 63.0 Å². The molecule has 0 amide bonds. The zero-order valence-corrected chi connectivity index (χ0v) is 14.0. The molecule has 1 aromatic rings. The maximum absolute atomic E-state index is 5.59. The molecule has 0 spiro atoms. The van der Waals surface area contributed by atoms with Crippen LogP contribution in [0, 0.1) is 11.3 Å². The number of thiocarbonyl (C=S) groups is 1. The minimum Gasteiger partial charge on any atom is -0.384 e. The second-order valence-corrected chi connectivity index (χ2v) is 7.34. The number of pyridine rings is 1. The lowest BCUT2D eigenvalue weighted by atomic mass is 9.69. The lowest BCUT2D eigenvalue weighted by molar-refractivity contribution is 0.143. The van der Waals surface area contributed by atoms with Crippen LogP contribution in [0.1, 0.15) is 46.5 Å². The van der Waals surface area contributed by atoms with Gasteiger partial charge < -0.3 is 16.4 Å². The number of rotatable bonds is 2. The molecule has 2 rings (SSSR count). The summed E-state index contributed by atoms with van der Waals surface area (Å²) in [4.78, 5) is 4.06. The number of nitrogens with two attached hydrogens (primary N) is 1. The minimum atomic E-state index is 0.302. The highest BCUT2D eigenvalue weighted by molar-refractivity contribution is 7.80. The van der Waals surface area contributed by atoms with Crippen molar-refractivity contribution in [2.75, 3.05) is 11.1 Å². The van der Waals surface area contributed by atoms with Crippen LogP contribution in [0.5, 0.6) is 0 Å². The molecule has 116 valence electrons. The largest absolute Gasteiger partial charge is 0.384 e. The van der Waals surface area contributed by atoms with Crippen LogP contribution in [0.4, 0.5) is 11.5 Å². The van der Waals surface area contributed by atoms with Crippen molar-refractivity contribution in [1.82, 2.24) is 10.3 Å². The molecule has 0 aromatic carbocycles. The number of hydrogen-bond donors (Lipinski definition) is 3. The standard InChI is InChI=1S/C16H26N4S/c1-16(2,3)12-6-4-5-7-13(12)20-15(21)19-11-8-9-14(17)18-10-11/h8-10,12-13H,4-7H2,1-3H3,(H2,17,18)(H2,19,20,21)/t12-,13?/m0/s1. The van der Waals surface area contributed by atoms with Crippen molar-refractivity contribution in [2.24, 2.45) is 11.3 Å². The van der Waals surface area contributed by atoms with E-state index in [2.05, 4.69) is 36.4 Å². The van der Waals surface area contributed by atoms with Gasteiger partial charge in [0.1, 0.15) is 5.82 Å². The van der Waals surface area contributed by atoms with Gasteiger partial charge in [-0.1, -0.05) is 33.6 Å². The molecule has 1 heterocycles. The van der Waals surface area contributed by atoms with E-state index in [4.69, 9.17) is 18.0 Å². The average Bonchev–Trinajstić information content (AvgIpc) is 2.41. The number of nitrogens with one attached hydrogen (secondary N) is 2. The van der Waals surface area contributed by atoms with E-state index in [1.54, 1.807) is 12.3 Å². The second-order valence-electron chi connectivity index (χ2n) is 6.93. The molecule has 1 aromatic heterocycles. The first-order chi connectivity index (χ1) is 9.86. The number of nitrogens with zero attached hydrogens (tertiary/aromatic N) is 1. The van der Waals surface area contributed by atoms with Gasteiger partial charge in [-0.05, 0) is 48.5 Å². The Labute approximate surface area is 132 Å². The van der Waals surface area contributed by atoms with Crippen molar-refractivity contribution < 1.29 is 0 Å². The highest BCUT2D eigenvalue weighted by Gasteiger charge is 2.34. The van der Waals surface area contributed by atoms with Crippen LogP contribution in [0.3, 0.4) is 0 Å². The lowest BCUT2D eigenvalue weighted by Gasteiger charge is -2.41. The molecule has 4 N–H and O–H groups in total. The Kier molecular flexibility index (Phi) is 5.04. The zero-order valence-electron chi connectivity index (χ0n) is 13.1. The van der Waals surface area contributed by atoms with Gasteiger partial charge in [-0.3, -0.25) is 0 Å². The third-order valence-electron chi connectivity index (χ3n) is 4.24. The predicted octanol–water partition coefficient (Wildman–Crippen LogP) is 3.56. The van der Waals surface area contributed by atoms with Gasteiger partial charge in [0.05, 0.1) is 11.9 Å². The molecule has 1 fully saturated rings. The molecular weight excluding hydrogens is 280 g/mol. The van der Waals surface area contributed by atoms with E-state index in [1.807, 2.05) is 6.07 Å². The summed E-state index contributed by atoms with van der Waals surface area (Å²) in [6.45, 7) is 6.95. The highest BCUT2D eigenvalue weighted by Crippen LogP contribution is 2.37. The van der Waals surface area contributed by atoms with Crippen LogP contribution >= 0.6 is 12.2 Å². The Balaban J connectivity index is 1.95. The van der Waals surface area contributed by atoms with Crippen molar-refractivity contribution in [2.45, 2.75) is 52.5 Å². The molecule has 5 heteroatoms. The van der Waals surface area contributed by atoms with Crippen molar-refractivity contribution in [3.05, 3.63) is 18.3 Å². The first-order valence-electron chi connectivity index (χ1n) is 7.65. The van der Waals surface area contributed by atoms with Crippen molar-refractivity contribution in [3.8, 4) is 0 Å². The van der Waals surface area contributed by atoms with E-state index >= 15 is 0 Å². The fourth-order valence-corrected chi connectivity index (χ4v) is 3.42. The van der Waals surface area contributed by atoms with Gasteiger partial charge in [-0.25, -0.2) is 4.98 Å². The molecule has 1 aliphatic carbocycles. The highest BCUT2D eigenvalue weighted by atomic mass is 32.1. The van der Waals surface area contributed by atoms with E-state index in [-0.39, 0.29) is 0 Å². The normalized spacial score (nSPS) is 22.6. The Morgan fingerprint density at radius 1 is 1.29 bits per heavy atom. The third kappa shape index (κ3) is 4.56. The number of aromatic nitrogens is 1. The lowest BCUT2D eigenvalue weighted by Crippen LogP contribution is -2.47. The molecule has 1 saturated carbocycles. The summed E-state index contributed by atoms with van der Waals surface area (Å²) in [7, 11) is 0. The first-order valence-corrected chi connectivity index (χ1v) is 8.06. The summed E-state index contributed by atoms with van der Waals surface area (Å²) >= 11 is 5.44. The summed E-state index contributed by atoms with van der Waals surface area (Å²) in [6.07, 6.45) is 6.75. The fourth-order valence-electron chi connectivity index (χ4n) is 3.16. The summed E-state index contributed by atoms with van der Waals surface area (Å²) in [5.41, 5.74) is 6.75. The van der Waals surface area contributed by atoms with Crippen LogP contribution < -0.4 is 16.4 Å². The SMILES string of the molecule is CC(C)(C)[C@H]1CCCCC1NC(=S)Nc1ccc(N)nc1. The molecule has 1 unspecified atom stereocenters. The smallest absolute Gasteiger partial charge is 0.171 e. The number of nitrogen functional groups attached to an aromatic ring is 1. The van der Waals surface area contributed by atoms with Crippen molar-refractivity contribution in [1.29, 1.82) is 0 Å². The summed E-state index contributed by atoms with van der Waals surface area (Å²) in [6, 6.07) is 4.10. The van der Waals surface area contributed by atoms with Gasteiger partial charge in [0.15, 0.2) is 5.11 Å². The first kappa shape index (κ1) is 16.0. The number of anilines is 2. The van der Waals surface area contributed by atoms with E-state index in [0.717, 1.165) is 5.69 Å². The Hall–Kier alpha value is -1.36.